The molecule has 0 radical (unpaired) electrons. The lowest BCUT2D eigenvalue weighted by Crippen LogP contribution is -2.28. The molecule has 0 spiro atoms. The van der Waals surface area contributed by atoms with E-state index in [0.29, 0.717) is 6.54 Å². The van der Waals surface area contributed by atoms with Gasteiger partial charge in [-0.2, -0.15) is 16.4 Å². The second-order valence-corrected chi connectivity index (χ2v) is 5.18. The molecule has 0 unspecified atom stereocenters. The van der Waals surface area contributed by atoms with Crippen LogP contribution in [0.1, 0.15) is 27.3 Å². The monoisotopic (exact) mass is 263 g/mol. The van der Waals surface area contributed by atoms with Gasteiger partial charge < -0.3 is 4.90 Å². The molecule has 0 aliphatic carbocycles. The van der Waals surface area contributed by atoms with E-state index in [1.165, 1.54) is 5.56 Å². The van der Waals surface area contributed by atoms with Crippen LogP contribution >= 0.6 is 11.3 Å². The summed E-state index contributed by atoms with van der Waals surface area (Å²) in [6.07, 6.45) is 0.834. The maximum Gasteiger partial charge on any atom is 0.254 e. The van der Waals surface area contributed by atoms with Crippen LogP contribution in [0.2, 0.25) is 0 Å². The van der Waals surface area contributed by atoms with Crippen molar-refractivity contribution < 1.29 is 4.79 Å². The van der Waals surface area contributed by atoms with Crippen LogP contribution in [-0.4, -0.2) is 34.6 Å². The first kappa shape index (κ1) is 12.8. The Morgan fingerprint density at radius 1 is 1.50 bits per heavy atom. The Bertz CT molecular complexity index is 511. The number of hydrogen-bond donors (Lipinski definition) is 1. The zero-order valence-corrected chi connectivity index (χ0v) is 11.7. The van der Waals surface area contributed by atoms with Crippen molar-refractivity contribution in [1.29, 1.82) is 0 Å². The summed E-state index contributed by atoms with van der Waals surface area (Å²) in [4.78, 5) is 13.8. The molecule has 1 amide bonds. The minimum absolute atomic E-state index is 0.0788. The van der Waals surface area contributed by atoms with E-state index in [4.69, 9.17) is 0 Å². The van der Waals surface area contributed by atoms with E-state index >= 15 is 0 Å². The third-order valence-electron chi connectivity index (χ3n) is 3.09. The Morgan fingerprint density at radius 2 is 2.28 bits per heavy atom. The van der Waals surface area contributed by atoms with Gasteiger partial charge in [0.15, 0.2) is 0 Å². The molecule has 2 rings (SSSR count). The summed E-state index contributed by atoms with van der Waals surface area (Å²) < 4.78 is 0. The van der Waals surface area contributed by atoms with E-state index in [9.17, 15) is 4.79 Å². The Balaban J connectivity index is 1.97. The Kier molecular flexibility index (Phi) is 3.81. The number of thiophene rings is 1. The molecule has 96 valence electrons. The molecule has 0 fully saturated rings. The summed E-state index contributed by atoms with van der Waals surface area (Å²) in [7, 11) is 1.84. The lowest BCUT2D eigenvalue weighted by molar-refractivity contribution is 0.0797. The first-order chi connectivity index (χ1) is 8.59. The molecule has 2 aromatic rings. The summed E-state index contributed by atoms with van der Waals surface area (Å²) in [5.41, 5.74) is 4.08. The van der Waals surface area contributed by atoms with Gasteiger partial charge in [0, 0.05) is 24.7 Å². The molecular weight excluding hydrogens is 246 g/mol. The van der Waals surface area contributed by atoms with Crippen molar-refractivity contribution in [2.45, 2.75) is 20.3 Å². The average molecular weight is 263 g/mol. The highest BCUT2D eigenvalue weighted by atomic mass is 32.1. The lowest BCUT2D eigenvalue weighted by Gasteiger charge is -2.16. The van der Waals surface area contributed by atoms with Gasteiger partial charge in [-0.15, -0.1) is 0 Å². The molecular formula is C13H17N3OS. The molecule has 4 nitrogen and oxygen atoms in total. The number of aromatic nitrogens is 2. The highest BCUT2D eigenvalue weighted by molar-refractivity contribution is 7.08. The lowest BCUT2D eigenvalue weighted by atomic mass is 10.1. The average Bonchev–Trinajstić information content (AvgIpc) is 2.97. The smallest absolute Gasteiger partial charge is 0.254 e. The van der Waals surface area contributed by atoms with Gasteiger partial charge in [0.1, 0.15) is 0 Å². The number of carbonyl (C=O) groups is 1. The fourth-order valence-electron chi connectivity index (χ4n) is 1.93. The van der Waals surface area contributed by atoms with Crippen molar-refractivity contribution in [3.8, 4) is 0 Å². The maximum atomic E-state index is 12.0. The fraction of sp³-hybridized carbons (Fsp3) is 0.385. The van der Waals surface area contributed by atoms with Crippen LogP contribution in [0.3, 0.4) is 0 Å². The summed E-state index contributed by atoms with van der Waals surface area (Å²) in [6.45, 7) is 4.70. The normalized spacial score (nSPS) is 10.6. The summed E-state index contributed by atoms with van der Waals surface area (Å²) in [5.74, 6) is 0.0788. The zero-order chi connectivity index (χ0) is 13.1. The molecule has 18 heavy (non-hydrogen) atoms. The minimum Gasteiger partial charge on any atom is -0.341 e. The number of hydrogen-bond acceptors (Lipinski definition) is 3. The first-order valence-electron chi connectivity index (χ1n) is 5.87. The van der Waals surface area contributed by atoms with Crippen LogP contribution < -0.4 is 0 Å². The Hall–Kier alpha value is -1.62. The topological polar surface area (TPSA) is 49.0 Å². The minimum atomic E-state index is 0.0788. The van der Waals surface area contributed by atoms with Gasteiger partial charge in [0.05, 0.1) is 11.3 Å². The van der Waals surface area contributed by atoms with Crippen LogP contribution in [0.5, 0.6) is 0 Å². The third kappa shape index (κ3) is 2.61. The Morgan fingerprint density at radius 3 is 2.83 bits per heavy atom. The van der Waals surface area contributed by atoms with Crippen molar-refractivity contribution in [1.82, 2.24) is 15.1 Å². The van der Waals surface area contributed by atoms with Crippen LogP contribution in [0.25, 0.3) is 0 Å². The van der Waals surface area contributed by atoms with Crippen LogP contribution in [0.15, 0.2) is 16.8 Å². The molecule has 2 aromatic heterocycles. The van der Waals surface area contributed by atoms with Crippen molar-refractivity contribution in [3.63, 3.8) is 0 Å². The molecule has 0 saturated heterocycles. The summed E-state index contributed by atoms with van der Waals surface area (Å²) >= 11 is 1.54. The van der Waals surface area contributed by atoms with E-state index in [1.807, 2.05) is 37.7 Å². The number of carbonyl (C=O) groups excluding carboxylic acids is 1. The maximum absolute atomic E-state index is 12.0. The van der Waals surface area contributed by atoms with E-state index in [2.05, 4.69) is 10.2 Å². The predicted octanol–water partition coefficient (Wildman–Crippen LogP) is 2.40. The van der Waals surface area contributed by atoms with Gasteiger partial charge in [-0.05, 0) is 37.3 Å². The molecule has 0 aliphatic rings. The Labute approximate surface area is 111 Å². The molecule has 0 aliphatic heterocycles. The number of nitrogens with zero attached hydrogens (tertiary/aromatic N) is 2. The van der Waals surface area contributed by atoms with Gasteiger partial charge >= 0.3 is 0 Å². The second-order valence-electron chi connectivity index (χ2n) is 4.40. The number of H-pyrrole nitrogens is 1. The zero-order valence-electron chi connectivity index (χ0n) is 10.9. The summed E-state index contributed by atoms with van der Waals surface area (Å²) in [6, 6.07) is 1.86. The number of likely N-dealkylation sites (N-methyl/N-ethyl adjacent to an activating group) is 1. The van der Waals surface area contributed by atoms with Crippen LogP contribution in [0.4, 0.5) is 0 Å². The van der Waals surface area contributed by atoms with Crippen molar-refractivity contribution in [2.24, 2.45) is 0 Å². The predicted molar refractivity (Wildman–Crippen MR) is 73.0 cm³/mol. The first-order valence-corrected chi connectivity index (χ1v) is 6.82. The van der Waals surface area contributed by atoms with Gasteiger partial charge in [-0.3, -0.25) is 9.89 Å². The van der Waals surface area contributed by atoms with Crippen molar-refractivity contribution in [3.05, 3.63) is 39.3 Å². The van der Waals surface area contributed by atoms with Crippen molar-refractivity contribution in [2.75, 3.05) is 13.6 Å². The number of aromatic amines is 1. The molecule has 0 saturated carbocycles. The quantitative estimate of drug-likeness (QED) is 0.921. The molecule has 0 bridgehead atoms. The fourth-order valence-corrected chi connectivity index (χ4v) is 2.56. The standard InChI is InChI=1S/C13H17N3OS/c1-9-12(10(2)15-14-9)4-6-16(3)13(17)11-5-7-18-8-11/h5,7-8H,4,6H2,1-3H3,(H,14,15). The van der Waals surface area contributed by atoms with E-state index < -0.39 is 0 Å². The molecule has 1 N–H and O–H groups in total. The largest absolute Gasteiger partial charge is 0.341 e. The van der Waals surface area contributed by atoms with E-state index in [0.717, 1.165) is 23.4 Å². The second kappa shape index (κ2) is 5.35. The molecule has 0 atom stereocenters. The highest BCUT2D eigenvalue weighted by Gasteiger charge is 2.13. The highest BCUT2D eigenvalue weighted by Crippen LogP contribution is 2.12. The number of aryl methyl sites for hydroxylation is 2. The summed E-state index contributed by atoms with van der Waals surface area (Å²) in [5, 5.41) is 10.9. The van der Waals surface area contributed by atoms with Crippen molar-refractivity contribution >= 4 is 17.2 Å². The van der Waals surface area contributed by atoms with Crippen LogP contribution in [0, 0.1) is 13.8 Å². The van der Waals surface area contributed by atoms with Gasteiger partial charge in [-0.25, -0.2) is 0 Å². The van der Waals surface area contributed by atoms with E-state index in [-0.39, 0.29) is 5.91 Å². The van der Waals surface area contributed by atoms with Gasteiger partial charge in [0.25, 0.3) is 5.91 Å². The molecule has 0 aromatic carbocycles. The van der Waals surface area contributed by atoms with Crippen LogP contribution in [-0.2, 0) is 6.42 Å². The van der Waals surface area contributed by atoms with Gasteiger partial charge in [0.2, 0.25) is 0 Å². The number of nitrogens with one attached hydrogen (secondary N) is 1. The van der Waals surface area contributed by atoms with E-state index in [1.54, 1.807) is 16.2 Å². The van der Waals surface area contributed by atoms with Gasteiger partial charge in [-0.1, -0.05) is 0 Å². The SMILES string of the molecule is Cc1n[nH]c(C)c1CCN(C)C(=O)c1ccsc1. The molecule has 5 heteroatoms. The number of amides is 1. The number of rotatable bonds is 4. The third-order valence-corrected chi connectivity index (χ3v) is 3.78. The molecule has 2 heterocycles.